The number of nitrogens with one attached hydrogen (secondary N) is 1. The number of hydrogen-bond acceptors (Lipinski definition) is 7. The van der Waals surface area contributed by atoms with E-state index in [1.807, 2.05) is 61.8 Å². The van der Waals surface area contributed by atoms with E-state index in [1.165, 1.54) is 0 Å². The second-order valence-corrected chi connectivity index (χ2v) is 8.14. The number of aliphatic hydroxyl groups excluding tert-OH is 1. The molecule has 1 atom stereocenters. The van der Waals surface area contributed by atoms with Crippen LogP contribution in [0.5, 0.6) is 0 Å². The second-order valence-electron chi connectivity index (χ2n) is 8.14. The van der Waals surface area contributed by atoms with Gasteiger partial charge in [0.05, 0.1) is 30.7 Å². The maximum absolute atomic E-state index is 9.16. The van der Waals surface area contributed by atoms with E-state index in [0.29, 0.717) is 17.9 Å². The average molecular weight is 456 g/mol. The molecule has 4 N–H and O–H groups in total. The van der Waals surface area contributed by atoms with Crippen molar-refractivity contribution < 1.29 is 9.84 Å². The van der Waals surface area contributed by atoms with E-state index in [9.17, 15) is 0 Å². The molecule has 0 fully saturated rings. The zero-order valence-corrected chi connectivity index (χ0v) is 18.9. The summed E-state index contributed by atoms with van der Waals surface area (Å²) in [7, 11) is 1.66. The normalized spacial score (nSPS) is 13.3. The second kappa shape index (κ2) is 8.69. The monoisotopic (exact) mass is 455 g/mol. The van der Waals surface area contributed by atoms with Gasteiger partial charge < -0.3 is 20.6 Å². The van der Waals surface area contributed by atoms with Crippen LogP contribution in [0.2, 0.25) is 0 Å². The zero-order valence-electron chi connectivity index (χ0n) is 18.9. The fourth-order valence-corrected chi connectivity index (χ4v) is 4.09. The molecule has 0 amide bonds. The van der Waals surface area contributed by atoms with Crippen LogP contribution in [0.4, 0.5) is 5.95 Å². The molecule has 0 bridgehead atoms. The van der Waals surface area contributed by atoms with E-state index in [-0.39, 0.29) is 12.6 Å². The van der Waals surface area contributed by atoms with Crippen molar-refractivity contribution in [2.45, 2.75) is 19.1 Å². The molecule has 34 heavy (non-hydrogen) atoms. The Kier molecular flexibility index (Phi) is 5.56. The van der Waals surface area contributed by atoms with Crippen LogP contribution in [0, 0.1) is 0 Å². The quantitative estimate of drug-likeness (QED) is 0.343. The van der Waals surface area contributed by atoms with E-state index < -0.39 is 5.60 Å². The van der Waals surface area contributed by atoms with Gasteiger partial charge in [0.25, 0.3) is 0 Å². The lowest BCUT2D eigenvalue weighted by Crippen LogP contribution is -2.28. The summed E-state index contributed by atoms with van der Waals surface area (Å²) < 4.78 is 7.63. The number of benzene rings is 1. The molecule has 172 valence electrons. The number of aromatic amines is 1. The van der Waals surface area contributed by atoms with Crippen LogP contribution in [0.15, 0.2) is 67.3 Å². The highest BCUT2D eigenvalue weighted by atomic mass is 16.5. The number of H-pyrrole nitrogens is 1. The summed E-state index contributed by atoms with van der Waals surface area (Å²) in [5.41, 5.74) is 11.1. The summed E-state index contributed by atoms with van der Waals surface area (Å²) in [6.45, 7) is 2.43. The number of methoxy groups -OCH3 is 1. The van der Waals surface area contributed by atoms with Gasteiger partial charge in [-0.15, -0.1) is 0 Å². The maximum Gasteiger partial charge on any atom is 0.220 e. The minimum atomic E-state index is -0.802. The molecule has 0 aliphatic heterocycles. The van der Waals surface area contributed by atoms with Crippen molar-refractivity contribution >= 4 is 17.0 Å². The number of ether oxygens (including phenoxy) is 1. The fraction of sp³-hybridized carbons (Fsp3) is 0.200. The summed E-state index contributed by atoms with van der Waals surface area (Å²) in [4.78, 5) is 16.8. The topological polar surface area (TPSA) is 128 Å². The van der Waals surface area contributed by atoms with Crippen LogP contribution in [0.1, 0.15) is 18.2 Å². The van der Waals surface area contributed by atoms with Gasteiger partial charge >= 0.3 is 0 Å². The first-order valence-electron chi connectivity index (χ1n) is 10.9. The summed E-state index contributed by atoms with van der Waals surface area (Å²) in [6.07, 6.45) is 7.31. The lowest BCUT2D eigenvalue weighted by atomic mass is 9.91. The Morgan fingerprint density at radius 2 is 1.94 bits per heavy atom. The fourth-order valence-electron chi connectivity index (χ4n) is 4.09. The summed E-state index contributed by atoms with van der Waals surface area (Å²) in [6, 6.07) is 13.8. The van der Waals surface area contributed by atoms with Crippen LogP contribution in [0.3, 0.4) is 0 Å². The van der Waals surface area contributed by atoms with Gasteiger partial charge in [0, 0.05) is 47.8 Å². The van der Waals surface area contributed by atoms with E-state index in [1.54, 1.807) is 24.2 Å². The van der Waals surface area contributed by atoms with Gasteiger partial charge in [0.2, 0.25) is 5.95 Å². The minimum absolute atomic E-state index is 0.0290. The van der Waals surface area contributed by atoms with Gasteiger partial charge in [0.1, 0.15) is 11.2 Å². The van der Waals surface area contributed by atoms with Crippen LogP contribution < -0.4 is 5.73 Å². The summed E-state index contributed by atoms with van der Waals surface area (Å²) in [5.74, 6) is 0.162. The number of rotatable bonds is 7. The molecule has 0 spiro atoms. The average Bonchev–Trinajstić information content (AvgIpc) is 3.51. The highest BCUT2D eigenvalue weighted by Gasteiger charge is 2.31. The molecular weight excluding hydrogens is 430 g/mol. The van der Waals surface area contributed by atoms with Crippen LogP contribution in [0.25, 0.3) is 33.4 Å². The van der Waals surface area contributed by atoms with E-state index in [2.05, 4.69) is 25.0 Å². The standard InChI is InChI=1S/C25H25N7O2/c1-25(34-2,18-6-4-3-5-7-18)22-11-21(30-24(26)31-22)20-14-28-23-19(20)10-16(12-27-23)17-13-29-32(15-17)8-9-33/h3-7,10-15,33H,8-9H2,1-2H3,(H,27,28)(H2,26,30,31). The van der Waals surface area contributed by atoms with Crippen molar-refractivity contribution in [3.8, 4) is 22.4 Å². The molecule has 4 aromatic heterocycles. The molecule has 0 saturated heterocycles. The number of nitrogen functional groups attached to an aromatic ring is 1. The Morgan fingerprint density at radius 1 is 1.12 bits per heavy atom. The van der Waals surface area contributed by atoms with Gasteiger partial charge in [-0.1, -0.05) is 30.3 Å². The number of fused-ring (bicyclic) bond motifs is 1. The number of anilines is 1. The van der Waals surface area contributed by atoms with E-state index in [0.717, 1.165) is 33.3 Å². The van der Waals surface area contributed by atoms with Crippen molar-refractivity contribution in [2.75, 3.05) is 19.5 Å². The van der Waals surface area contributed by atoms with Crippen molar-refractivity contribution in [1.82, 2.24) is 29.7 Å². The van der Waals surface area contributed by atoms with E-state index >= 15 is 0 Å². The predicted octanol–water partition coefficient (Wildman–Crippen LogP) is 3.37. The molecule has 0 aliphatic rings. The van der Waals surface area contributed by atoms with Gasteiger partial charge in [-0.05, 0) is 24.6 Å². The number of pyridine rings is 1. The van der Waals surface area contributed by atoms with Crippen LogP contribution in [-0.4, -0.2) is 48.5 Å². The van der Waals surface area contributed by atoms with Gasteiger partial charge in [-0.3, -0.25) is 4.68 Å². The molecule has 9 nitrogen and oxygen atoms in total. The number of hydrogen-bond donors (Lipinski definition) is 3. The maximum atomic E-state index is 9.16. The first-order valence-corrected chi connectivity index (χ1v) is 10.9. The van der Waals surface area contributed by atoms with Crippen molar-refractivity contribution in [3.05, 3.63) is 78.5 Å². The molecular formula is C25H25N7O2. The zero-order chi connectivity index (χ0) is 23.7. The third kappa shape index (κ3) is 3.81. The number of nitrogens with two attached hydrogens (primary N) is 1. The van der Waals surface area contributed by atoms with Crippen molar-refractivity contribution in [1.29, 1.82) is 0 Å². The highest BCUT2D eigenvalue weighted by Crippen LogP contribution is 2.35. The van der Waals surface area contributed by atoms with Gasteiger partial charge in [-0.2, -0.15) is 5.10 Å². The molecule has 0 aliphatic carbocycles. The first kappa shape index (κ1) is 21.7. The Bertz CT molecular complexity index is 1440. The lowest BCUT2D eigenvalue weighted by Gasteiger charge is -2.28. The molecule has 5 rings (SSSR count). The van der Waals surface area contributed by atoms with Gasteiger partial charge in [-0.25, -0.2) is 15.0 Å². The molecule has 4 heterocycles. The van der Waals surface area contributed by atoms with Crippen LogP contribution >= 0.6 is 0 Å². The van der Waals surface area contributed by atoms with E-state index in [4.69, 9.17) is 15.6 Å². The molecule has 9 heteroatoms. The Hall–Kier alpha value is -4.08. The molecule has 1 unspecified atom stereocenters. The minimum Gasteiger partial charge on any atom is -0.394 e. The molecule has 0 saturated carbocycles. The van der Waals surface area contributed by atoms with Gasteiger partial charge in [0.15, 0.2) is 0 Å². The largest absolute Gasteiger partial charge is 0.394 e. The van der Waals surface area contributed by atoms with Crippen molar-refractivity contribution in [3.63, 3.8) is 0 Å². The predicted molar refractivity (Wildman–Crippen MR) is 130 cm³/mol. The Labute approximate surface area is 196 Å². The number of nitrogens with zero attached hydrogens (tertiary/aromatic N) is 5. The lowest BCUT2D eigenvalue weighted by molar-refractivity contribution is 0.0354. The third-order valence-corrected chi connectivity index (χ3v) is 6.07. The summed E-state index contributed by atoms with van der Waals surface area (Å²) in [5, 5.41) is 14.3. The Balaban J connectivity index is 1.60. The Morgan fingerprint density at radius 3 is 2.71 bits per heavy atom. The molecule has 1 aromatic carbocycles. The highest BCUT2D eigenvalue weighted by molar-refractivity contribution is 5.95. The van der Waals surface area contributed by atoms with Crippen LogP contribution in [-0.2, 0) is 16.9 Å². The summed E-state index contributed by atoms with van der Waals surface area (Å²) >= 11 is 0. The number of aromatic nitrogens is 6. The SMILES string of the molecule is COC(C)(c1ccccc1)c1cc(-c2c[nH]c3ncc(-c4cnn(CCO)c4)cc23)nc(N)n1. The molecule has 5 aromatic rings. The number of aliphatic hydroxyl groups is 1. The van der Waals surface area contributed by atoms with Crippen molar-refractivity contribution in [2.24, 2.45) is 0 Å². The first-order chi connectivity index (χ1) is 16.5. The smallest absolute Gasteiger partial charge is 0.220 e. The molecule has 0 radical (unpaired) electrons. The third-order valence-electron chi connectivity index (χ3n) is 6.07.